The van der Waals surface area contributed by atoms with Crippen molar-refractivity contribution in [2.24, 2.45) is 0 Å². The third-order valence-electron chi connectivity index (χ3n) is 3.36. The van der Waals surface area contributed by atoms with Gasteiger partial charge in [-0.15, -0.1) is 6.58 Å². The van der Waals surface area contributed by atoms with Crippen molar-refractivity contribution in [1.82, 2.24) is 9.88 Å². The van der Waals surface area contributed by atoms with E-state index >= 15 is 0 Å². The highest BCUT2D eigenvalue weighted by Gasteiger charge is 2.16. The van der Waals surface area contributed by atoms with Crippen LogP contribution in [0.4, 0.5) is 0 Å². The zero-order valence-electron chi connectivity index (χ0n) is 11.6. The summed E-state index contributed by atoms with van der Waals surface area (Å²) in [6.45, 7) is 4.80. The van der Waals surface area contributed by atoms with Crippen molar-refractivity contribution in [2.45, 2.75) is 13.1 Å². The third kappa shape index (κ3) is 2.60. The fraction of sp³-hybridized carbons (Fsp3) is 0.118. The van der Waals surface area contributed by atoms with E-state index in [2.05, 4.69) is 11.9 Å². The molecule has 0 fully saturated rings. The standard InChI is InChI=1S/C17H16N2O2/c1-2-9-19-14-8-10-21-16(14)11-15(19)17(20)18-12-13-6-4-3-5-7-13/h2-8,10-11H,1,9,12H2,(H,18,20). The van der Waals surface area contributed by atoms with Gasteiger partial charge >= 0.3 is 0 Å². The van der Waals surface area contributed by atoms with Crippen molar-refractivity contribution in [1.29, 1.82) is 0 Å². The van der Waals surface area contributed by atoms with Gasteiger partial charge in [0, 0.05) is 25.2 Å². The number of rotatable bonds is 5. The van der Waals surface area contributed by atoms with Crippen LogP contribution in [0.1, 0.15) is 16.1 Å². The summed E-state index contributed by atoms with van der Waals surface area (Å²) in [6, 6.07) is 13.4. The number of benzene rings is 1. The molecule has 2 heterocycles. The molecule has 3 aromatic rings. The summed E-state index contributed by atoms with van der Waals surface area (Å²) in [5.41, 5.74) is 3.26. The summed E-state index contributed by atoms with van der Waals surface area (Å²) in [6.07, 6.45) is 3.39. The fourth-order valence-electron chi connectivity index (χ4n) is 2.36. The maximum absolute atomic E-state index is 12.4. The Morgan fingerprint density at radius 3 is 2.86 bits per heavy atom. The normalized spacial score (nSPS) is 10.7. The molecule has 0 atom stereocenters. The first-order chi connectivity index (χ1) is 10.3. The van der Waals surface area contributed by atoms with E-state index in [0.717, 1.165) is 11.1 Å². The van der Waals surface area contributed by atoms with Crippen molar-refractivity contribution in [3.05, 3.63) is 72.6 Å². The molecule has 2 aromatic heterocycles. The van der Waals surface area contributed by atoms with Crippen LogP contribution in [0.25, 0.3) is 11.1 Å². The molecule has 4 nitrogen and oxygen atoms in total. The van der Waals surface area contributed by atoms with Crippen molar-refractivity contribution in [3.8, 4) is 0 Å². The molecule has 0 saturated heterocycles. The average Bonchev–Trinajstić information content (AvgIpc) is 3.09. The number of hydrogen-bond donors (Lipinski definition) is 1. The van der Waals surface area contributed by atoms with Crippen LogP contribution in [-0.4, -0.2) is 10.5 Å². The molecule has 3 rings (SSSR count). The van der Waals surface area contributed by atoms with Gasteiger partial charge in [0.25, 0.3) is 5.91 Å². The van der Waals surface area contributed by atoms with E-state index in [4.69, 9.17) is 4.42 Å². The molecule has 4 heteroatoms. The van der Waals surface area contributed by atoms with Crippen LogP contribution < -0.4 is 5.32 Å². The Morgan fingerprint density at radius 2 is 2.10 bits per heavy atom. The van der Waals surface area contributed by atoms with Gasteiger partial charge in [0.2, 0.25) is 0 Å². The highest BCUT2D eigenvalue weighted by Crippen LogP contribution is 2.21. The van der Waals surface area contributed by atoms with Gasteiger partial charge < -0.3 is 14.3 Å². The van der Waals surface area contributed by atoms with Crippen LogP contribution in [0.5, 0.6) is 0 Å². The van der Waals surface area contributed by atoms with E-state index in [-0.39, 0.29) is 5.91 Å². The molecule has 1 aromatic carbocycles. The maximum atomic E-state index is 12.4. The number of hydrogen-bond acceptors (Lipinski definition) is 2. The van der Waals surface area contributed by atoms with Crippen molar-refractivity contribution in [3.63, 3.8) is 0 Å². The first-order valence-electron chi connectivity index (χ1n) is 6.79. The molecule has 1 amide bonds. The fourth-order valence-corrected chi connectivity index (χ4v) is 2.36. The van der Waals surface area contributed by atoms with Crippen LogP contribution in [0.3, 0.4) is 0 Å². The Balaban J connectivity index is 1.82. The number of allylic oxidation sites excluding steroid dienone is 1. The highest BCUT2D eigenvalue weighted by molar-refractivity contribution is 5.97. The Kier molecular flexibility index (Phi) is 3.60. The van der Waals surface area contributed by atoms with Gasteiger partial charge in [0.1, 0.15) is 5.69 Å². The predicted octanol–water partition coefficient (Wildman–Crippen LogP) is 3.35. The first-order valence-corrected chi connectivity index (χ1v) is 6.79. The van der Waals surface area contributed by atoms with Gasteiger partial charge in [-0.05, 0) is 5.56 Å². The van der Waals surface area contributed by atoms with Crippen molar-refractivity contribution in [2.75, 3.05) is 0 Å². The molecular formula is C17H16N2O2. The van der Waals surface area contributed by atoms with Crippen LogP contribution in [-0.2, 0) is 13.1 Å². The summed E-state index contributed by atoms with van der Waals surface area (Å²) in [5, 5.41) is 2.93. The smallest absolute Gasteiger partial charge is 0.268 e. The summed E-state index contributed by atoms with van der Waals surface area (Å²) in [7, 11) is 0. The van der Waals surface area contributed by atoms with Crippen LogP contribution in [0, 0.1) is 0 Å². The van der Waals surface area contributed by atoms with E-state index in [9.17, 15) is 4.79 Å². The molecule has 0 aliphatic rings. The molecule has 21 heavy (non-hydrogen) atoms. The number of furan rings is 1. The number of fused-ring (bicyclic) bond motifs is 1. The molecule has 0 aliphatic carbocycles. The Morgan fingerprint density at radius 1 is 1.29 bits per heavy atom. The molecule has 0 saturated carbocycles. The minimum Gasteiger partial charge on any atom is -0.463 e. The van der Waals surface area contributed by atoms with E-state index in [1.807, 2.05) is 41.0 Å². The topological polar surface area (TPSA) is 47.2 Å². The zero-order chi connectivity index (χ0) is 14.7. The average molecular weight is 280 g/mol. The summed E-state index contributed by atoms with van der Waals surface area (Å²) >= 11 is 0. The van der Waals surface area contributed by atoms with Crippen LogP contribution in [0.2, 0.25) is 0 Å². The van der Waals surface area contributed by atoms with E-state index in [1.54, 1.807) is 18.4 Å². The minimum absolute atomic E-state index is 0.118. The molecule has 0 bridgehead atoms. The molecule has 1 N–H and O–H groups in total. The number of carbonyl (C=O) groups is 1. The first kappa shape index (κ1) is 13.2. The van der Waals surface area contributed by atoms with Gasteiger partial charge in [0.05, 0.1) is 11.8 Å². The molecule has 106 valence electrons. The van der Waals surface area contributed by atoms with E-state index in [0.29, 0.717) is 24.4 Å². The molecular weight excluding hydrogens is 264 g/mol. The maximum Gasteiger partial charge on any atom is 0.268 e. The van der Waals surface area contributed by atoms with E-state index < -0.39 is 0 Å². The number of amides is 1. The van der Waals surface area contributed by atoms with Crippen molar-refractivity contribution < 1.29 is 9.21 Å². The second-order valence-corrected chi connectivity index (χ2v) is 4.77. The van der Waals surface area contributed by atoms with Crippen LogP contribution in [0.15, 0.2) is 65.8 Å². The lowest BCUT2D eigenvalue weighted by Crippen LogP contribution is -2.25. The minimum atomic E-state index is -0.118. The second kappa shape index (κ2) is 5.71. The Bertz CT molecular complexity index is 769. The quantitative estimate of drug-likeness (QED) is 0.728. The Hall–Kier alpha value is -2.75. The number of nitrogens with one attached hydrogen (secondary N) is 1. The van der Waals surface area contributed by atoms with Crippen molar-refractivity contribution >= 4 is 17.0 Å². The largest absolute Gasteiger partial charge is 0.463 e. The molecule has 0 spiro atoms. The lowest BCUT2D eigenvalue weighted by Gasteiger charge is -2.08. The summed E-state index contributed by atoms with van der Waals surface area (Å²) < 4.78 is 7.26. The van der Waals surface area contributed by atoms with Gasteiger partial charge in [-0.1, -0.05) is 36.4 Å². The third-order valence-corrected chi connectivity index (χ3v) is 3.36. The highest BCUT2D eigenvalue weighted by atomic mass is 16.3. The molecule has 0 unspecified atom stereocenters. The number of carbonyl (C=O) groups excluding carboxylic acids is 1. The summed E-state index contributed by atoms with van der Waals surface area (Å²) in [5.74, 6) is -0.118. The second-order valence-electron chi connectivity index (χ2n) is 4.77. The van der Waals surface area contributed by atoms with Gasteiger partial charge in [-0.25, -0.2) is 0 Å². The number of aromatic nitrogens is 1. The van der Waals surface area contributed by atoms with Gasteiger partial charge in [-0.2, -0.15) is 0 Å². The van der Waals surface area contributed by atoms with E-state index in [1.165, 1.54) is 0 Å². The Labute approximate surface area is 122 Å². The molecule has 0 radical (unpaired) electrons. The summed E-state index contributed by atoms with van der Waals surface area (Å²) in [4.78, 5) is 12.4. The lowest BCUT2D eigenvalue weighted by atomic mass is 10.2. The van der Waals surface area contributed by atoms with Gasteiger partial charge in [-0.3, -0.25) is 4.79 Å². The van der Waals surface area contributed by atoms with Crippen LogP contribution >= 0.6 is 0 Å². The van der Waals surface area contributed by atoms with Gasteiger partial charge in [0.15, 0.2) is 5.58 Å². The lowest BCUT2D eigenvalue weighted by molar-refractivity contribution is 0.0942. The zero-order valence-corrected chi connectivity index (χ0v) is 11.6. The number of nitrogens with zero attached hydrogens (tertiary/aromatic N) is 1. The SMILES string of the molecule is C=CCn1c(C(=O)NCc2ccccc2)cc2occc21. The monoisotopic (exact) mass is 280 g/mol. The molecule has 0 aliphatic heterocycles. The predicted molar refractivity (Wildman–Crippen MR) is 82.0 cm³/mol.